The van der Waals surface area contributed by atoms with Gasteiger partial charge in [-0.25, -0.2) is 0 Å². The van der Waals surface area contributed by atoms with E-state index in [0.29, 0.717) is 29.2 Å². The molecule has 2 aliphatic heterocycles. The molecule has 3 aromatic carbocycles. The molecule has 34 heavy (non-hydrogen) atoms. The zero-order valence-corrected chi connectivity index (χ0v) is 19.1. The molecule has 3 aromatic rings. The molecule has 1 unspecified atom stereocenters. The smallest absolute Gasteiger partial charge is 0.300 e. The molecule has 0 aromatic heterocycles. The first kappa shape index (κ1) is 21.8. The van der Waals surface area contributed by atoms with Crippen LogP contribution in [0.1, 0.15) is 35.2 Å². The Morgan fingerprint density at radius 1 is 1.06 bits per heavy atom. The summed E-state index contributed by atoms with van der Waals surface area (Å²) in [6.45, 7) is 2.64. The molecule has 172 valence electrons. The lowest BCUT2D eigenvalue weighted by Crippen LogP contribution is -2.29. The van der Waals surface area contributed by atoms with Crippen LogP contribution < -0.4 is 14.4 Å². The molecule has 0 radical (unpaired) electrons. The molecular weight excluding hydrogens is 430 g/mol. The zero-order valence-electron chi connectivity index (χ0n) is 19.1. The van der Waals surface area contributed by atoms with Crippen LogP contribution in [0.3, 0.4) is 0 Å². The molecule has 0 saturated carbocycles. The minimum Gasteiger partial charge on any atom is -0.507 e. The summed E-state index contributed by atoms with van der Waals surface area (Å²) in [6, 6.07) is 19.3. The average Bonchev–Trinajstić information content (AvgIpc) is 3.45. The predicted octanol–water partition coefficient (Wildman–Crippen LogP) is 4.82. The van der Waals surface area contributed by atoms with Crippen molar-refractivity contribution < 1.29 is 24.2 Å². The number of benzene rings is 3. The summed E-state index contributed by atoms with van der Waals surface area (Å²) >= 11 is 0. The van der Waals surface area contributed by atoms with Crippen molar-refractivity contribution in [1.82, 2.24) is 0 Å². The standard InChI is InChI=1S/C28H25NO5/c1-3-17-4-9-21(10-5-17)29-25(18-6-11-22(33-2)12-7-18)24(27(31)28(29)32)26(30)20-8-13-23-19(16-20)14-15-34-23/h4-13,16,25,30H,3,14-15H2,1-2H3/b26-24-. The third-order valence-electron chi connectivity index (χ3n) is 6.46. The van der Waals surface area contributed by atoms with E-state index in [4.69, 9.17) is 9.47 Å². The maximum Gasteiger partial charge on any atom is 0.300 e. The number of methoxy groups -OCH3 is 1. The number of rotatable bonds is 5. The summed E-state index contributed by atoms with van der Waals surface area (Å²) in [6.07, 6.45) is 1.60. The monoisotopic (exact) mass is 455 g/mol. The number of ketones is 1. The second kappa shape index (κ2) is 8.71. The van der Waals surface area contributed by atoms with Gasteiger partial charge in [-0.05, 0) is 65.6 Å². The van der Waals surface area contributed by atoms with E-state index in [1.807, 2.05) is 42.5 Å². The Bertz CT molecular complexity index is 1290. The number of aliphatic hydroxyl groups is 1. The number of hydrogen-bond acceptors (Lipinski definition) is 5. The Morgan fingerprint density at radius 3 is 2.47 bits per heavy atom. The topological polar surface area (TPSA) is 76.1 Å². The minimum atomic E-state index is -0.775. The number of aliphatic hydroxyl groups excluding tert-OH is 1. The Balaban J connectivity index is 1.67. The number of anilines is 1. The lowest BCUT2D eigenvalue weighted by Gasteiger charge is -2.25. The number of ether oxygens (including phenoxy) is 2. The Kier molecular flexibility index (Phi) is 5.57. The van der Waals surface area contributed by atoms with E-state index in [9.17, 15) is 14.7 Å². The van der Waals surface area contributed by atoms with Gasteiger partial charge in [0.05, 0.1) is 25.3 Å². The molecule has 0 bridgehead atoms. The third-order valence-corrected chi connectivity index (χ3v) is 6.46. The first-order valence-electron chi connectivity index (χ1n) is 11.3. The van der Waals surface area contributed by atoms with Crippen LogP contribution in [0.2, 0.25) is 0 Å². The number of carbonyl (C=O) groups excluding carboxylic acids is 2. The summed E-state index contributed by atoms with van der Waals surface area (Å²) in [5.41, 5.74) is 3.94. The van der Waals surface area contributed by atoms with Gasteiger partial charge in [0.15, 0.2) is 0 Å². The summed E-state index contributed by atoms with van der Waals surface area (Å²) in [5, 5.41) is 11.3. The van der Waals surface area contributed by atoms with Gasteiger partial charge < -0.3 is 14.6 Å². The lowest BCUT2D eigenvalue weighted by atomic mass is 9.94. The van der Waals surface area contributed by atoms with Crippen LogP contribution in [-0.2, 0) is 22.4 Å². The Labute approximate surface area is 198 Å². The number of amides is 1. The summed E-state index contributed by atoms with van der Waals surface area (Å²) < 4.78 is 10.8. The highest BCUT2D eigenvalue weighted by atomic mass is 16.5. The van der Waals surface area contributed by atoms with Crippen molar-refractivity contribution in [2.75, 3.05) is 18.6 Å². The highest BCUT2D eigenvalue weighted by Crippen LogP contribution is 2.43. The van der Waals surface area contributed by atoms with Gasteiger partial charge in [-0.15, -0.1) is 0 Å². The fourth-order valence-corrected chi connectivity index (χ4v) is 4.58. The molecule has 0 aliphatic carbocycles. The van der Waals surface area contributed by atoms with E-state index in [2.05, 4.69) is 6.92 Å². The van der Waals surface area contributed by atoms with E-state index in [-0.39, 0.29) is 11.3 Å². The molecule has 1 N–H and O–H groups in total. The fourth-order valence-electron chi connectivity index (χ4n) is 4.58. The first-order chi connectivity index (χ1) is 16.5. The molecule has 1 atom stereocenters. The molecule has 6 heteroatoms. The minimum absolute atomic E-state index is 0.0635. The maximum atomic E-state index is 13.3. The van der Waals surface area contributed by atoms with Gasteiger partial charge >= 0.3 is 0 Å². The van der Waals surface area contributed by atoms with Crippen LogP contribution >= 0.6 is 0 Å². The number of carbonyl (C=O) groups is 2. The van der Waals surface area contributed by atoms with Crippen LogP contribution in [0.5, 0.6) is 11.5 Å². The van der Waals surface area contributed by atoms with Crippen molar-refractivity contribution >= 4 is 23.1 Å². The molecule has 1 saturated heterocycles. The number of hydrogen-bond donors (Lipinski definition) is 1. The molecular formula is C28H25NO5. The lowest BCUT2D eigenvalue weighted by molar-refractivity contribution is -0.132. The van der Waals surface area contributed by atoms with Crippen LogP contribution in [-0.4, -0.2) is 30.5 Å². The van der Waals surface area contributed by atoms with E-state index in [1.165, 1.54) is 4.90 Å². The predicted molar refractivity (Wildman–Crippen MR) is 129 cm³/mol. The van der Waals surface area contributed by atoms with Gasteiger partial charge in [-0.3, -0.25) is 14.5 Å². The van der Waals surface area contributed by atoms with Gasteiger partial charge in [-0.1, -0.05) is 31.2 Å². The van der Waals surface area contributed by atoms with Crippen molar-refractivity contribution in [3.05, 3.63) is 94.6 Å². The van der Waals surface area contributed by atoms with Crippen molar-refractivity contribution in [3.8, 4) is 11.5 Å². The van der Waals surface area contributed by atoms with Gasteiger partial charge in [0, 0.05) is 17.7 Å². The third kappa shape index (κ3) is 3.61. The molecule has 2 heterocycles. The van der Waals surface area contributed by atoms with Crippen molar-refractivity contribution in [1.29, 1.82) is 0 Å². The van der Waals surface area contributed by atoms with E-state index < -0.39 is 17.7 Å². The fraction of sp³-hybridized carbons (Fsp3) is 0.214. The van der Waals surface area contributed by atoms with Gasteiger partial charge in [0.2, 0.25) is 0 Å². The second-order valence-electron chi connectivity index (χ2n) is 8.38. The zero-order chi connectivity index (χ0) is 23.8. The number of nitrogens with zero attached hydrogens (tertiary/aromatic N) is 1. The maximum absolute atomic E-state index is 13.3. The summed E-state index contributed by atoms with van der Waals surface area (Å²) in [7, 11) is 1.58. The van der Waals surface area contributed by atoms with Crippen LogP contribution in [0.4, 0.5) is 5.69 Å². The quantitative estimate of drug-likeness (QED) is 0.339. The molecule has 1 amide bonds. The first-order valence-corrected chi connectivity index (χ1v) is 11.3. The molecule has 6 nitrogen and oxygen atoms in total. The van der Waals surface area contributed by atoms with Crippen molar-refractivity contribution in [3.63, 3.8) is 0 Å². The van der Waals surface area contributed by atoms with Crippen molar-refractivity contribution in [2.24, 2.45) is 0 Å². The van der Waals surface area contributed by atoms with E-state index in [0.717, 1.165) is 29.7 Å². The molecule has 2 aliphatic rings. The van der Waals surface area contributed by atoms with E-state index >= 15 is 0 Å². The largest absolute Gasteiger partial charge is 0.507 e. The van der Waals surface area contributed by atoms with E-state index in [1.54, 1.807) is 31.4 Å². The second-order valence-corrected chi connectivity index (χ2v) is 8.38. The summed E-state index contributed by atoms with van der Waals surface area (Å²) in [4.78, 5) is 28.1. The Morgan fingerprint density at radius 2 is 1.79 bits per heavy atom. The average molecular weight is 456 g/mol. The normalized spacial score (nSPS) is 18.6. The highest BCUT2D eigenvalue weighted by molar-refractivity contribution is 6.51. The van der Waals surface area contributed by atoms with Crippen LogP contribution in [0.25, 0.3) is 5.76 Å². The van der Waals surface area contributed by atoms with Gasteiger partial charge in [0.25, 0.3) is 11.7 Å². The Hall–Kier alpha value is -4.06. The highest BCUT2D eigenvalue weighted by Gasteiger charge is 2.47. The molecule has 1 fully saturated rings. The van der Waals surface area contributed by atoms with Crippen molar-refractivity contribution in [2.45, 2.75) is 25.8 Å². The summed E-state index contributed by atoms with van der Waals surface area (Å²) in [5.74, 6) is -0.140. The van der Waals surface area contributed by atoms with Crippen LogP contribution in [0.15, 0.2) is 72.3 Å². The van der Waals surface area contributed by atoms with Gasteiger partial charge in [0.1, 0.15) is 17.3 Å². The number of fused-ring (bicyclic) bond motifs is 1. The SMILES string of the molecule is CCc1ccc(N2C(=O)C(=O)/C(=C(\O)c3ccc4c(c3)CCO4)C2c2ccc(OC)cc2)cc1. The number of aryl methyl sites for hydroxylation is 1. The molecule has 0 spiro atoms. The van der Waals surface area contributed by atoms with Gasteiger partial charge in [-0.2, -0.15) is 0 Å². The van der Waals surface area contributed by atoms with Crippen LogP contribution in [0, 0.1) is 0 Å². The molecule has 5 rings (SSSR count). The number of Topliss-reactive ketones (excluding diaryl/α,β-unsaturated/α-hetero) is 1.